The average molecular weight is 512 g/mol. The second-order valence-electron chi connectivity index (χ2n) is 9.78. The maximum absolute atomic E-state index is 15.0. The standard InChI is InChI=1S/C31H30FN3O3/c1-21-19-34(20-22-11-4-2-5-12-22)33-28(29(21)36)31(38)35-18-10-17-26(35)30(37)27(23-13-6-3-7-14-23)24-15-8-9-16-25(24)32/h2-9,11-16,19,26-27,30,37H,10,17-18,20H2,1H3/t26-,27+,30+/m1/s1. The fourth-order valence-electron chi connectivity index (χ4n) is 5.37. The Balaban J connectivity index is 1.48. The van der Waals surface area contributed by atoms with Gasteiger partial charge < -0.3 is 10.0 Å². The molecule has 0 aliphatic carbocycles. The summed E-state index contributed by atoms with van der Waals surface area (Å²) < 4.78 is 16.6. The number of hydrogen-bond donors (Lipinski definition) is 1. The van der Waals surface area contributed by atoms with Gasteiger partial charge in [-0.25, -0.2) is 4.39 Å². The Bertz CT molecular complexity index is 1470. The average Bonchev–Trinajstić information content (AvgIpc) is 3.43. The van der Waals surface area contributed by atoms with Crippen LogP contribution in [0.25, 0.3) is 0 Å². The molecule has 0 unspecified atom stereocenters. The number of aromatic nitrogens is 2. The zero-order valence-electron chi connectivity index (χ0n) is 21.2. The first-order chi connectivity index (χ1) is 18.4. The third-order valence-electron chi connectivity index (χ3n) is 7.23. The van der Waals surface area contributed by atoms with Gasteiger partial charge in [-0.1, -0.05) is 78.9 Å². The fourth-order valence-corrected chi connectivity index (χ4v) is 5.37. The Morgan fingerprint density at radius 3 is 2.39 bits per heavy atom. The normalized spacial score (nSPS) is 16.8. The molecule has 1 aliphatic rings. The second kappa shape index (κ2) is 11.1. The third-order valence-corrected chi connectivity index (χ3v) is 7.23. The molecule has 1 aromatic heterocycles. The monoisotopic (exact) mass is 511 g/mol. The number of carbonyl (C=O) groups is 1. The Morgan fingerprint density at radius 1 is 1.03 bits per heavy atom. The largest absolute Gasteiger partial charge is 0.390 e. The minimum absolute atomic E-state index is 0.165. The lowest BCUT2D eigenvalue weighted by Gasteiger charge is -2.34. The first-order valence-electron chi connectivity index (χ1n) is 12.8. The van der Waals surface area contributed by atoms with Gasteiger partial charge in [-0.05, 0) is 42.5 Å². The molecule has 1 fully saturated rings. The molecule has 2 heterocycles. The van der Waals surface area contributed by atoms with Crippen LogP contribution in [0.3, 0.4) is 0 Å². The van der Waals surface area contributed by atoms with Crippen LogP contribution < -0.4 is 5.43 Å². The van der Waals surface area contributed by atoms with Crippen LogP contribution in [-0.2, 0) is 6.54 Å². The van der Waals surface area contributed by atoms with Crippen molar-refractivity contribution in [1.29, 1.82) is 0 Å². The van der Waals surface area contributed by atoms with E-state index in [-0.39, 0.29) is 5.69 Å². The number of halogens is 1. The predicted octanol–water partition coefficient (Wildman–Crippen LogP) is 4.54. The molecule has 1 aliphatic heterocycles. The number of aryl methyl sites for hydroxylation is 1. The van der Waals surface area contributed by atoms with Crippen LogP contribution in [0.15, 0.2) is 95.9 Å². The molecule has 0 saturated carbocycles. The summed E-state index contributed by atoms with van der Waals surface area (Å²) in [4.78, 5) is 28.3. The molecule has 1 N–H and O–H groups in total. The van der Waals surface area contributed by atoms with E-state index in [1.54, 1.807) is 36.0 Å². The second-order valence-corrected chi connectivity index (χ2v) is 9.78. The lowest BCUT2D eigenvalue weighted by Crippen LogP contribution is -2.47. The van der Waals surface area contributed by atoms with Crippen LogP contribution in [0.4, 0.5) is 4.39 Å². The Kier molecular flexibility index (Phi) is 7.47. The van der Waals surface area contributed by atoms with E-state index in [2.05, 4.69) is 5.10 Å². The van der Waals surface area contributed by atoms with Crippen LogP contribution in [0.1, 0.15) is 51.5 Å². The molecule has 6 nitrogen and oxygen atoms in total. The zero-order valence-corrected chi connectivity index (χ0v) is 21.2. The van der Waals surface area contributed by atoms with Crippen molar-refractivity contribution in [2.75, 3.05) is 6.54 Å². The molecule has 7 heteroatoms. The van der Waals surface area contributed by atoms with Gasteiger partial charge in [0.1, 0.15) is 5.82 Å². The van der Waals surface area contributed by atoms with E-state index in [9.17, 15) is 19.1 Å². The summed E-state index contributed by atoms with van der Waals surface area (Å²) in [6.45, 7) is 2.47. The molecule has 3 aromatic carbocycles. The summed E-state index contributed by atoms with van der Waals surface area (Å²) in [5.74, 6) is -1.61. The predicted molar refractivity (Wildman–Crippen MR) is 144 cm³/mol. The van der Waals surface area contributed by atoms with E-state index in [0.29, 0.717) is 37.1 Å². The van der Waals surface area contributed by atoms with E-state index in [1.165, 1.54) is 11.0 Å². The van der Waals surface area contributed by atoms with Gasteiger partial charge in [0.05, 0.1) is 18.7 Å². The molecule has 1 saturated heterocycles. The minimum atomic E-state index is -1.09. The molecule has 1 amide bonds. The quantitative estimate of drug-likeness (QED) is 0.396. The van der Waals surface area contributed by atoms with E-state index in [0.717, 1.165) is 11.1 Å². The maximum Gasteiger partial charge on any atom is 0.278 e. The molecule has 0 radical (unpaired) electrons. The third kappa shape index (κ3) is 5.15. The lowest BCUT2D eigenvalue weighted by atomic mass is 9.82. The van der Waals surface area contributed by atoms with Crippen LogP contribution in [0.2, 0.25) is 0 Å². The van der Waals surface area contributed by atoms with Gasteiger partial charge in [0.2, 0.25) is 5.43 Å². The highest BCUT2D eigenvalue weighted by atomic mass is 19.1. The first-order valence-corrected chi connectivity index (χ1v) is 12.8. The number of carbonyl (C=O) groups excluding carboxylic acids is 1. The topological polar surface area (TPSA) is 75.4 Å². The summed E-state index contributed by atoms with van der Waals surface area (Å²) in [5, 5.41) is 16.1. The van der Waals surface area contributed by atoms with Crippen molar-refractivity contribution in [3.63, 3.8) is 0 Å². The molecule has 3 atom stereocenters. The number of benzene rings is 3. The van der Waals surface area contributed by atoms with E-state index < -0.39 is 35.2 Å². The van der Waals surface area contributed by atoms with Crippen molar-refractivity contribution in [2.45, 2.75) is 44.4 Å². The summed E-state index contributed by atoms with van der Waals surface area (Å²) >= 11 is 0. The zero-order chi connectivity index (χ0) is 26.6. The Hall–Kier alpha value is -4.10. The molecule has 194 valence electrons. The summed E-state index contributed by atoms with van der Waals surface area (Å²) in [6.07, 6.45) is 1.76. The van der Waals surface area contributed by atoms with Crippen molar-refractivity contribution in [3.8, 4) is 0 Å². The molecule has 0 spiro atoms. The van der Waals surface area contributed by atoms with Crippen molar-refractivity contribution in [3.05, 3.63) is 135 Å². The van der Waals surface area contributed by atoms with Crippen LogP contribution in [-0.4, -0.2) is 44.4 Å². The highest BCUT2D eigenvalue weighted by molar-refractivity contribution is 5.92. The van der Waals surface area contributed by atoms with Crippen molar-refractivity contribution >= 4 is 5.91 Å². The Labute approximate surface area is 221 Å². The number of rotatable bonds is 7. The summed E-state index contributed by atoms with van der Waals surface area (Å²) in [7, 11) is 0. The van der Waals surface area contributed by atoms with Gasteiger partial charge in [-0.3, -0.25) is 14.3 Å². The number of nitrogens with zero attached hydrogens (tertiary/aromatic N) is 3. The molecule has 0 bridgehead atoms. The number of amides is 1. The highest BCUT2D eigenvalue weighted by Gasteiger charge is 2.40. The Morgan fingerprint density at radius 2 is 1.68 bits per heavy atom. The summed E-state index contributed by atoms with van der Waals surface area (Å²) in [5.41, 5.74) is 1.94. The van der Waals surface area contributed by atoms with Gasteiger partial charge in [0, 0.05) is 24.2 Å². The molecule has 38 heavy (non-hydrogen) atoms. The van der Waals surface area contributed by atoms with Crippen LogP contribution in [0, 0.1) is 12.7 Å². The van der Waals surface area contributed by atoms with Crippen molar-refractivity contribution in [2.24, 2.45) is 0 Å². The van der Waals surface area contributed by atoms with Crippen molar-refractivity contribution in [1.82, 2.24) is 14.7 Å². The molecular formula is C31H30FN3O3. The van der Waals surface area contributed by atoms with Gasteiger partial charge in [-0.15, -0.1) is 0 Å². The smallest absolute Gasteiger partial charge is 0.278 e. The first kappa shape index (κ1) is 25.5. The number of hydrogen-bond acceptors (Lipinski definition) is 4. The van der Waals surface area contributed by atoms with E-state index >= 15 is 0 Å². The van der Waals surface area contributed by atoms with Gasteiger partial charge in [0.15, 0.2) is 5.69 Å². The van der Waals surface area contributed by atoms with Crippen LogP contribution >= 0.6 is 0 Å². The number of aliphatic hydroxyl groups is 1. The van der Waals surface area contributed by atoms with Gasteiger partial charge >= 0.3 is 0 Å². The maximum atomic E-state index is 15.0. The minimum Gasteiger partial charge on any atom is -0.390 e. The fraction of sp³-hybridized carbons (Fsp3) is 0.258. The lowest BCUT2D eigenvalue weighted by molar-refractivity contribution is 0.0427. The molecular weight excluding hydrogens is 481 g/mol. The SMILES string of the molecule is Cc1cn(Cc2ccccc2)nc(C(=O)N2CCC[C@@H]2[C@H](O)[C@@H](c2ccccc2)c2ccccc2F)c1=O. The van der Waals surface area contributed by atoms with Gasteiger partial charge in [0.25, 0.3) is 5.91 Å². The summed E-state index contributed by atoms with van der Waals surface area (Å²) in [6, 6.07) is 24.7. The van der Waals surface area contributed by atoms with E-state index in [4.69, 9.17) is 0 Å². The highest BCUT2D eigenvalue weighted by Crippen LogP contribution is 2.36. The van der Waals surface area contributed by atoms with Gasteiger partial charge in [-0.2, -0.15) is 5.10 Å². The van der Waals surface area contributed by atoms with E-state index in [1.807, 2.05) is 60.7 Å². The van der Waals surface area contributed by atoms with Crippen LogP contribution in [0.5, 0.6) is 0 Å². The molecule has 5 rings (SSSR count). The molecule has 4 aromatic rings. The number of aliphatic hydroxyl groups excluding tert-OH is 1. The number of likely N-dealkylation sites (tertiary alicyclic amines) is 1. The van der Waals surface area contributed by atoms with Crippen molar-refractivity contribution < 1.29 is 14.3 Å².